The van der Waals surface area contributed by atoms with E-state index in [-0.39, 0.29) is 0 Å². The summed E-state index contributed by atoms with van der Waals surface area (Å²) in [5, 5.41) is 13.2. The maximum atomic E-state index is 10.5. The topological polar surface area (TPSA) is 23.5 Å². The van der Waals surface area contributed by atoms with Crippen molar-refractivity contribution in [1.29, 1.82) is 0 Å². The molecule has 0 amide bonds. The summed E-state index contributed by atoms with van der Waals surface area (Å²) < 4.78 is 0. The maximum absolute atomic E-state index is 10.5. The van der Waals surface area contributed by atoms with Crippen LogP contribution in [0.5, 0.6) is 0 Å². The third kappa shape index (κ3) is 2.91. The molecule has 2 unspecified atom stereocenters. The van der Waals surface area contributed by atoms with E-state index < -0.39 is 6.10 Å². The lowest BCUT2D eigenvalue weighted by atomic mass is 10.1. The van der Waals surface area contributed by atoms with Gasteiger partial charge in [0.1, 0.15) is 0 Å². The van der Waals surface area contributed by atoms with Crippen LogP contribution in [0.4, 0.5) is 0 Å². The van der Waals surface area contributed by atoms with Crippen LogP contribution < -0.4 is 0 Å². The number of hydrogen-bond acceptors (Lipinski definition) is 3. The van der Waals surface area contributed by atoms with Crippen LogP contribution in [0, 0.1) is 0 Å². The van der Waals surface area contributed by atoms with Crippen LogP contribution in [0.1, 0.15) is 35.4 Å². The Kier molecular flexibility index (Phi) is 4.41. The van der Waals surface area contributed by atoms with E-state index in [0.717, 1.165) is 12.1 Å². The van der Waals surface area contributed by atoms with E-state index in [1.54, 1.807) is 11.3 Å². The predicted octanol–water partition coefficient (Wildman–Crippen LogP) is 4.27. The number of hydrogen-bond donors (Lipinski definition) is 1. The van der Waals surface area contributed by atoms with Crippen molar-refractivity contribution in [2.75, 3.05) is 13.1 Å². The van der Waals surface area contributed by atoms with Crippen LogP contribution in [0.3, 0.4) is 0 Å². The molecule has 1 fully saturated rings. The van der Waals surface area contributed by atoms with Crippen molar-refractivity contribution >= 4 is 22.9 Å². The van der Waals surface area contributed by atoms with Crippen LogP contribution in [0.25, 0.3) is 0 Å². The van der Waals surface area contributed by atoms with Gasteiger partial charge in [0.2, 0.25) is 0 Å². The van der Waals surface area contributed by atoms with Gasteiger partial charge in [-0.3, -0.25) is 4.90 Å². The molecule has 106 valence electrons. The van der Waals surface area contributed by atoms with Gasteiger partial charge in [0.15, 0.2) is 0 Å². The van der Waals surface area contributed by atoms with E-state index in [2.05, 4.69) is 22.4 Å². The van der Waals surface area contributed by atoms with Gasteiger partial charge in [-0.2, -0.15) is 0 Å². The molecule has 2 atom stereocenters. The van der Waals surface area contributed by atoms with Gasteiger partial charge in [-0.05, 0) is 36.9 Å². The highest BCUT2D eigenvalue weighted by atomic mass is 35.5. The van der Waals surface area contributed by atoms with Crippen LogP contribution in [-0.2, 0) is 0 Å². The fraction of sp³-hybridized carbons (Fsp3) is 0.375. The molecule has 0 saturated carbocycles. The van der Waals surface area contributed by atoms with E-state index in [1.165, 1.54) is 17.7 Å². The molecule has 2 nitrogen and oxygen atoms in total. The second-order valence-electron chi connectivity index (χ2n) is 5.21. The third-order valence-corrected chi connectivity index (χ3v) is 5.22. The van der Waals surface area contributed by atoms with Gasteiger partial charge in [-0.1, -0.05) is 35.9 Å². The van der Waals surface area contributed by atoms with Crippen molar-refractivity contribution in [1.82, 2.24) is 4.90 Å². The number of nitrogens with zero attached hydrogens (tertiary/aromatic N) is 1. The molecule has 0 bridgehead atoms. The Bertz CT molecular complexity index is 557. The fourth-order valence-corrected chi connectivity index (χ4v) is 4.07. The first-order chi connectivity index (χ1) is 9.75. The van der Waals surface area contributed by atoms with Gasteiger partial charge in [0, 0.05) is 28.0 Å². The summed E-state index contributed by atoms with van der Waals surface area (Å²) in [6.07, 6.45) is 1.84. The molecule has 2 aromatic rings. The third-order valence-electron chi connectivity index (χ3n) is 3.91. The Morgan fingerprint density at radius 1 is 1.30 bits per heavy atom. The molecule has 0 aliphatic carbocycles. The Morgan fingerprint density at radius 2 is 2.15 bits per heavy atom. The van der Waals surface area contributed by atoms with Crippen molar-refractivity contribution in [3.63, 3.8) is 0 Å². The van der Waals surface area contributed by atoms with Crippen molar-refractivity contribution < 1.29 is 5.11 Å². The molecular formula is C16H18ClNOS. The minimum absolute atomic E-state index is 0.451. The van der Waals surface area contributed by atoms with Crippen LogP contribution in [0.15, 0.2) is 41.8 Å². The Morgan fingerprint density at radius 3 is 2.90 bits per heavy atom. The average Bonchev–Trinajstić information content (AvgIpc) is 3.09. The van der Waals surface area contributed by atoms with Gasteiger partial charge in [0.05, 0.1) is 6.10 Å². The van der Waals surface area contributed by atoms with E-state index in [0.29, 0.717) is 17.6 Å². The van der Waals surface area contributed by atoms with E-state index in [4.69, 9.17) is 11.6 Å². The number of likely N-dealkylation sites (tertiary alicyclic amines) is 1. The van der Waals surface area contributed by atoms with Crippen molar-refractivity contribution in [2.45, 2.75) is 25.0 Å². The molecule has 4 heteroatoms. The summed E-state index contributed by atoms with van der Waals surface area (Å²) in [6.45, 7) is 1.69. The zero-order chi connectivity index (χ0) is 13.9. The zero-order valence-electron chi connectivity index (χ0n) is 11.2. The Balaban J connectivity index is 1.72. The smallest absolute Gasteiger partial charge is 0.0931 e. The lowest BCUT2D eigenvalue weighted by Gasteiger charge is -2.26. The van der Waals surface area contributed by atoms with E-state index in [9.17, 15) is 5.11 Å². The molecule has 1 saturated heterocycles. The number of aliphatic hydroxyl groups is 1. The zero-order valence-corrected chi connectivity index (χ0v) is 12.8. The second-order valence-corrected chi connectivity index (χ2v) is 6.59. The normalized spacial score (nSPS) is 21.2. The monoisotopic (exact) mass is 307 g/mol. The number of rotatable bonds is 4. The van der Waals surface area contributed by atoms with E-state index >= 15 is 0 Å². The Hall–Kier alpha value is -0.870. The van der Waals surface area contributed by atoms with E-state index in [1.807, 2.05) is 24.3 Å². The lowest BCUT2D eigenvalue weighted by molar-refractivity contribution is 0.107. The molecule has 0 spiro atoms. The predicted molar refractivity (Wildman–Crippen MR) is 84.3 cm³/mol. The molecule has 1 aromatic heterocycles. The maximum Gasteiger partial charge on any atom is 0.0931 e. The molecule has 3 rings (SSSR count). The summed E-state index contributed by atoms with van der Waals surface area (Å²) in [5.74, 6) is 0. The molecule has 1 aliphatic rings. The Labute approximate surface area is 128 Å². The minimum atomic E-state index is -0.524. The number of β-amino-alcohol motifs (C(OH)–C–C–N with tert-alkyl or cyclic N) is 1. The van der Waals surface area contributed by atoms with Gasteiger partial charge in [-0.15, -0.1) is 11.3 Å². The van der Waals surface area contributed by atoms with Gasteiger partial charge >= 0.3 is 0 Å². The number of halogens is 1. The largest absolute Gasteiger partial charge is 0.387 e. The molecule has 0 radical (unpaired) electrons. The summed E-state index contributed by atoms with van der Waals surface area (Å²) in [5.41, 5.74) is 0.825. The highest BCUT2D eigenvalue weighted by molar-refractivity contribution is 7.10. The highest BCUT2D eigenvalue weighted by Gasteiger charge is 2.28. The van der Waals surface area contributed by atoms with Gasteiger partial charge < -0.3 is 5.11 Å². The standard InChI is InChI=1S/C16H18ClNOS/c17-13-6-2-1-5-12(13)15(19)11-18-9-3-7-14(18)16-8-4-10-20-16/h1-2,4-6,8,10,14-15,19H,3,7,9,11H2. The van der Waals surface area contributed by atoms with Crippen molar-refractivity contribution in [2.24, 2.45) is 0 Å². The minimum Gasteiger partial charge on any atom is -0.387 e. The van der Waals surface area contributed by atoms with Crippen LogP contribution >= 0.6 is 22.9 Å². The number of benzene rings is 1. The number of thiophene rings is 1. The number of aliphatic hydroxyl groups excluding tert-OH is 1. The first kappa shape index (κ1) is 14.1. The first-order valence-electron chi connectivity index (χ1n) is 6.95. The quantitative estimate of drug-likeness (QED) is 0.911. The van der Waals surface area contributed by atoms with Gasteiger partial charge in [-0.25, -0.2) is 0 Å². The molecule has 20 heavy (non-hydrogen) atoms. The fourth-order valence-electron chi connectivity index (χ4n) is 2.91. The molecule has 1 aliphatic heterocycles. The van der Waals surface area contributed by atoms with Crippen molar-refractivity contribution in [3.05, 3.63) is 57.2 Å². The molecular weight excluding hydrogens is 290 g/mol. The first-order valence-corrected chi connectivity index (χ1v) is 8.21. The van der Waals surface area contributed by atoms with Crippen LogP contribution in [-0.4, -0.2) is 23.1 Å². The molecule has 1 aromatic carbocycles. The average molecular weight is 308 g/mol. The molecule has 1 N–H and O–H groups in total. The summed E-state index contributed by atoms with van der Waals surface area (Å²) >= 11 is 7.96. The van der Waals surface area contributed by atoms with Gasteiger partial charge in [0.25, 0.3) is 0 Å². The summed E-state index contributed by atoms with van der Waals surface area (Å²) in [7, 11) is 0. The van der Waals surface area contributed by atoms with Crippen LogP contribution in [0.2, 0.25) is 5.02 Å². The highest BCUT2D eigenvalue weighted by Crippen LogP contribution is 2.36. The van der Waals surface area contributed by atoms with Crippen molar-refractivity contribution in [3.8, 4) is 0 Å². The summed E-state index contributed by atoms with van der Waals surface area (Å²) in [6, 6.07) is 12.3. The summed E-state index contributed by atoms with van der Waals surface area (Å²) in [4.78, 5) is 3.77. The SMILES string of the molecule is OC(CN1CCCC1c1cccs1)c1ccccc1Cl. The lowest BCUT2D eigenvalue weighted by Crippen LogP contribution is -2.28. The second kappa shape index (κ2) is 6.27. The molecule has 2 heterocycles.